The molecule has 4 rings (SSSR count). The number of hydrogen-bond acceptors (Lipinski definition) is 6. The first-order valence-electron chi connectivity index (χ1n) is 9.53. The predicted octanol–water partition coefficient (Wildman–Crippen LogP) is 2.50. The lowest BCUT2D eigenvalue weighted by Crippen LogP contribution is -2.39. The summed E-state index contributed by atoms with van der Waals surface area (Å²) < 4.78 is 7.32. The number of fused-ring (bicyclic) bond motifs is 1. The number of thiazole rings is 1. The van der Waals surface area contributed by atoms with Crippen molar-refractivity contribution in [2.45, 2.75) is 19.9 Å². The minimum absolute atomic E-state index is 0.105. The largest absolute Gasteiger partial charge is 0.508 e. The van der Waals surface area contributed by atoms with Gasteiger partial charge >= 0.3 is 5.97 Å². The number of benzene rings is 2. The molecule has 0 aliphatic carbocycles. The first-order valence-corrected chi connectivity index (χ1v) is 10.3. The van der Waals surface area contributed by atoms with Crippen LogP contribution < -0.4 is 14.9 Å². The van der Waals surface area contributed by atoms with Crippen molar-refractivity contribution in [3.8, 4) is 5.75 Å². The molecule has 0 amide bonds. The second-order valence-electron chi connectivity index (χ2n) is 6.80. The Kier molecular flexibility index (Phi) is 5.37. The minimum Gasteiger partial charge on any atom is -0.508 e. The van der Waals surface area contributed by atoms with Crippen LogP contribution in [0.3, 0.4) is 0 Å². The molecule has 1 aromatic heterocycles. The standard InChI is InChI=1S/C23H20N2O4S/c1-3-29-22(28)19-14(2)24-23-25(20(19)16-9-11-17(26)12-10-16)21(27)18(30-23)13-15-7-5-4-6-8-15/h4-13,20,26H,3H2,1-2H3. The Morgan fingerprint density at radius 1 is 1.20 bits per heavy atom. The topological polar surface area (TPSA) is 80.9 Å². The average molecular weight is 420 g/mol. The molecule has 0 saturated carbocycles. The molecule has 0 fully saturated rings. The van der Waals surface area contributed by atoms with E-state index in [1.165, 1.54) is 28.0 Å². The summed E-state index contributed by atoms with van der Waals surface area (Å²) in [7, 11) is 0. The number of aromatic nitrogens is 1. The number of nitrogens with zero attached hydrogens (tertiary/aromatic N) is 2. The van der Waals surface area contributed by atoms with Crippen molar-refractivity contribution in [1.82, 2.24) is 4.57 Å². The van der Waals surface area contributed by atoms with Crippen molar-refractivity contribution in [2.24, 2.45) is 4.99 Å². The molecule has 1 aliphatic heterocycles. The minimum atomic E-state index is -0.682. The number of hydrogen-bond donors (Lipinski definition) is 1. The lowest BCUT2D eigenvalue weighted by molar-refractivity contribution is -0.139. The van der Waals surface area contributed by atoms with Crippen molar-refractivity contribution in [1.29, 1.82) is 0 Å². The van der Waals surface area contributed by atoms with Gasteiger partial charge in [0, 0.05) is 0 Å². The number of ether oxygens (including phenoxy) is 1. The summed E-state index contributed by atoms with van der Waals surface area (Å²) in [6.07, 6.45) is 1.82. The van der Waals surface area contributed by atoms with Crippen molar-refractivity contribution in [2.75, 3.05) is 6.61 Å². The molecule has 3 aromatic rings. The molecular formula is C23H20N2O4S. The summed E-state index contributed by atoms with van der Waals surface area (Å²) in [6.45, 7) is 3.70. The molecule has 0 saturated heterocycles. The SMILES string of the molecule is CCOC(=O)C1=C(C)N=c2sc(=Cc3ccccc3)c(=O)n2C1c1ccc(O)cc1. The fourth-order valence-electron chi connectivity index (χ4n) is 3.46. The summed E-state index contributed by atoms with van der Waals surface area (Å²) >= 11 is 1.28. The number of phenolic OH excluding ortho intramolecular Hbond substituents is 1. The molecular weight excluding hydrogens is 400 g/mol. The van der Waals surface area contributed by atoms with Gasteiger partial charge in [-0.1, -0.05) is 53.8 Å². The van der Waals surface area contributed by atoms with Crippen molar-refractivity contribution >= 4 is 23.4 Å². The highest BCUT2D eigenvalue weighted by Crippen LogP contribution is 2.31. The summed E-state index contributed by atoms with van der Waals surface area (Å²) in [6, 6.07) is 15.4. The molecule has 0 spiro atoms. The third-order valence-electron chi connectivity index (χ3n) is 4.82. The van der Waals surface area contributed by atoms with Crippen LogP contribution in [-0.4, -0.2) is 22.2 Å². The summed E-state index contributed by atoms with van der Waals surface area (Å²) in [5.41, 5.74) is 2.21. The smallest absolute Gasteiger partial charge is 0.338 e. The van der Waals surface area contributed by atoms with Crippen molar-refractivity contribution in [3.05, 3.63) is 96.7 Å². The van der Waals surface area contributed by atoms with Crippen LogP contribution in [-0.2, 0) is 9.53 Å². The Morgan fingerprint density at radius 3 is 2.57 bits per heavy atom. The molecule has 152 valence electrons. The molecule has 0 bridgehead atoms. The highest BCUT2D eigenvalue weighted by atomic mass is 32.1. The highest BCUT2D eigenvalue weighted by Gasteiger charge is 2.33. The van der Waals surface area contributed by atoms with Gasteiger partial charge in [0.1, 0.15) is 5.75 Å². The van der Waals surface area contributed by atoms with Crippen LogP contribution >= 0.6 is 11.3 Å². The number of esters is 1. The number of allylic oxidation sites excluding steroid dienone is 1. The molecule has 7 heteroatoms. The normalized spacial score (nSPS) is 16.2. The van der Waals surface area contributed by atoms with Gasteiger partial charge in [-0.15, -0.1) is 0 Å². The summed E-state index contributed by atoms with van der Waals surface area (Å²) in [5.74, 6) is -0.400. The zero-order chi connectivity index (χ0) is 21.3. The van der Waals surface area contributed by atoms with E-state index in [-0.39, 0.29) is 17.9 Å². The van der Waals surface area contributed by atoms with E-state index in [0.29, 0.717) is 26.2 Å². The van der Waals surface area contributed by atoms with Gasteiger partial charge < -0.3 is 9.84 Å². The quantitative estimate of drug-likeness (QED) is 0.658. The first-order chi connectivity index (χ1) is 14.5. The van der Waals surface area contributed by atoms with Crippen molar-refractivity contribution < 1.29 is 14.6 Å². The number of carbonyl (C=O) groups is 1. The van der Waals surface area contributed by atoms with Gasteiger partial charge in [0.15, 0.2) is 4.80 Å². The maximum absolute atomic E-state index is 13.4. The van der Waals surface area contributed by atoms with E-state index >= 15 is 0 Å². The Balaban J connectivity index is 1.96. The van der Waals surface area contributed by atoms with Gasteiger partial charge in [0.05, 0.1) is 28.5 Å². The average Bonchev–Trinajstić information content (AvgIpc) is 3.03. The lowest BCUT2D eigenvalue weighted by atomic mass is 9.96. The maximum Gasteiger partial charge on any atom is 0.338 e. The Bertz CT molecular complexity index is 1300. The van der Waals surface area contributed by atoms with E-state index in [4.69, 9.17) is 4.74 Å². The highest BCUT2D eigenvalue weighted by molar-refractivity contribution is 7.07. The number of carbonyl (C=O) groups excluding carboxylic acids is 1. The van der Waals surface area contributed by atoms with E-state index in [1.54, 1.807) is 26.0 Å². The molecule has 1 atom stereocenters. The molecule has 30 heavy (non-hydrogen) atoms. The molecule has 1 N–H and O–H groups in total. The number of aromatic hydroxyl groups is 1. The van der Waals surface area contributed by atoms with Gasteiger partial charge in [0.25, 0.3) is 5.56 Å². The summed E-state index contributed by atoms with van der Waals surface area (Å²) in [5, 5.41) is 9.69. The zero-order valence-electron chi connectivity index (χ0n) is 16.5. The van der Waals surface area contributed by atoms with Gasteiger partial charge in [0.2, 0.25) is 0 Å². The fourth-order valence-corrected chi connectivity index (χ4v) is 4.51. The molecule has 0 radical (unpaired) electrons. The van der Waals surface area contributed by atoms with Crippen LogP contribution in [0.4, 0.5) is 0 Å². The van der Waals surface area contributed by atoms with E-state index in [9.17, 15) is 14.7 Å². The number of rotatable bonds is 4. The Labute approximate surface area is 176 Å². The van der Waals surface area contributed by atoms with Crippen molar-refractivity contribution in [3.63, 3.8) is 0 Å². The van der Waals surface area contributed by atoms with Gasteiger partial charge in [-0.2, -0.15) is 0 Å². The monoisotopic (exact) mass is 420 g/mol. The van der Waals surface area contributed by atoms with Crippen LogP contribution in [0.15, 0.2) is 75.7 Å². The van der Waals surface area contributed by atoms with Crippen LogP contribution in [0.25, 0.3) is 6.08 Å². The van der Waals surface area contributed by atoms with E-state index in [2.05, 4.69) is 4.99 Å². The van der Waals surface area contributed by atoms with Gasteiger partial charge in [-0.05, 0) is 43.2 Å². The summed E-state index contributed by atoms with van der Waals surface area (Å²) in [4.78, 5) is 31.2. The Morgan fingerprint density at radius 2 is 1.90 bits per heavy atom. The first kappa shape index (κ1) is 19.8. The van der Waals surface area contributed by atoms with Crippen LogP contribution in [0.1, 0.15) is 31.0 Å². The lowest BCUT2D eigenvalue weighted by Gasteiger charge is -2.24. The van der Waals surface area contributed by atoms with E-state index in [1.807, 2.05) is 36.4 Å². The Hall–Kier alpha value is -3.45. The van der Waals surface area contributed by atoms with Gasteiger partial charge in [-0.3, -0.25) is 9.36 Å². The number of phenols is 1. The van der Waals surface area contributed by atoms with Gasteiger partial charge in [-0.25, -0.2) is 9.79 Å². The second kappa shape index (κ2) is 8.12. The fraction of sp³-hybridized carbons (Fsp3) is 0.174. The molecule has 6 nitrogen and oxygen atoms in total. The van der Waals surface area contributed by atoms with E-state index < -0.39 is 12.0 Å². The molecule has 1 aliphatic rings. The zero-order valence-corrected chi connectivity index (χ0v) is 17.3. The molecule has 2 heterocycles. The predicted molar refractivity (Wildman–Crippen MR) is 115 cm³/mol. The molecule has 2 aromatic carbocycles. The third kappa shape index (κ3) is 3.59. The molecule has 1 unspecified atom stereocenters. The third-order valence-corrected chi connectivity index (χ3v) is 5.81. The maximum atomic E-state index is 13.4. The van der Waals surface area contributed by atoms with Crippen LogP contribution in [0.2, 0.25) is 0 Å². The van der Waals surface area contributed by atoms with Crippen LogP contribution in [0.5, 0.6) is 5.75 Å². The second-order valence-corrected chi connectivity index (χ2v) is 7.81. The van der Waals surface area contributed by atoms with Crippen LogP contribution in [0, 0.1) is 0 Å². The van der Waals surface area contributed by atoms with E-state index in [0.717, 1.165) is 5.56 Å².